The van der Waals surface area contributed by atoms with Crippen molar-refractivity contribution >= 4 is 0 Å². The van der Waals surface area contributed by atoms with Crippen LogP contribution in [0.4, 0.5) is 0 Å². The zero-order valence-corrected chi connectivity index (χ0v) is 13.6. The minimum absolute atomic E-state index is 0.223. The Bertz CT molecular complexity index is 569. The fourth-order valence-corrected chi connectivity index (χ4v) is 2.54. The van der Waals surface area contributed by atoms with Gasteiger partial charge >= 0.3 is 0 Å². The molecule has 3 nitrogen and oxygen atoms in total. The van der Waals surface area contributed by atoms with Crippen molar-refractivity contribution in [1.29, 1.82) is 0 Å². The molecule has 0 aliphatic heterocycles. The number of methoxy groups -OCH3 is 2. The van der Waals surface area contributed by atoms with Gasteiger partial charge in [0, 0.05) is 11.6 Å². The van der Waals surface area contributed by atoms with Gasteiger partial charge in [-0.2, -0.15) is 0 Å². The average Bonchev–Trinajstić information content (AvgIpc) is 2.58. The van der Waals surface area contributed by atoms with Crippen LogP contribution in [0, 0.1) is 0 Å². The van der Waals surface area contributed by atoms with Crippen molar-refractivity contribution in [2.75, 3.05) is 20.8 Å². The van der Waals surface area contributed by atoms with Crippen LogP contribution in [0.15, 0.2) is 48.5 Å². The molecule has 0 fully saturated rings. The summed E-state index contributed by atoms with van der Waals surface area (Å²) in [4.78, 5) is 0. The largest absolute Gasteiger partial charge is 0.497 e. The Kier molecular flexibility index (Phi) is 6.28. The maximum absolute atomic E-state index is 5.45. The molecule has 0 aliphatic carbocycles. The maximum Gasteiger partial charge on any atom is 0.123 e. The smallest absolute Gasteiger partial charge is 0.123 e. The molecule has 2 aromatic carbocycles. The Balaban J connectivity index is 1.87. The first-order valence-electron chi connectivity index (χ1n) is 7.74. The van der Waals surface area contributed by atoms with Gasteiger partial charge in [-0.05, 0) is 50.1 Å². The van der Waals surface area contributed by atoms with E-state index < -0.39 is 0 Å². The number of aryl methyl sites for hydroxylation is 1. The first-order chi connectivity index (χ1) is 10.7. The SMILES string of the molecule is COc1ccc(OC)c(C(C)NCCCc2ccccc2)c1. The molecule has 0 spiro atoms. The third-order valence-corrected chi connectivity index (χ3v) is 3.84. The number of hydrogen-bond donors (Lipinski definition) is 1. The molecule has 0 heterocycles. The molecular formula is C19H25NO2. The summed E-state index contributed by atoms with van der Waals surface area (Å²) in [5.41, 5.74) is 2.51. The molecule has 3 heteroatoms. The van der Waals surface area contributed by atoms with E-state index in [1.54, 1.807) is 14.2 Å². The number of nitrogens with one attached hydrogen (secondary N) is 1. The van der Waals surface area contributed by atoms with Crippen molar-refractivity contribution in [1.82, 2.24) is 5.32 Å². The van der Waals surface area contributed by atoms with Gasteiger partial charge in [-0.25, -0.2) is 0 Å². The first kappa shape index (κ1) is 16.4. The van der Waals surface area contributed by atoms with Gasteiger partial charge in [-0.1, -0.05) is 30.3 Å². The number of rotatable bonds is 8. The van der Waals surface area contributed by atoms with Crippen LogP contribution in [-0.4, -0.2) is 20.8 Å². The van der Waals surface area contributed by atoms with Crippen molar-refractivity contribution in [3.05, 3.63) is 59.7 Å². The molecule has 1 unspecified atom stereocenters. The lowest BCUT2D eigenvalue weighted by molar-refractivity contribution is 0.391. The zero-order chi connectivity index (χ0) is 15.8. The second-order valence-electron chi connectivity index (χ2n) is 5.37. The first-order valence-corrected chi connectivity index (χ1v) is 7.74. The Morgan fingerprint density at radius 1 is 1.00 bits per heavy atom. The highest BCUT2D eigenvalue weighted by atomic mass is 16.5. The molecule has 0 aliphatic rings. The zero-order valence-electron chi connectivity index (χ0n) is 13.6. The van der Waals surface area contributed by atoms with Gasteiger partial charge in [0.2, 0.25) is 0 Å². The van der Waals surface area contributed by atoms with Crippen molar-refractivity contribution in [3.8, 4) is 11.5 Å². The molecule has 22 heavy (non-hydrogen) atoms. The normalized spacial score (nSPS) is 12.0. The van der Waals surface area contributed by atoms with Gasteiger partial charge in [0.1, 0.15) is 11.5 Å². The molecule has 0 saturated heterocycles. The summed E-state index contributed by atoms with van der Waals surface area (Å²) in [6.45, 7) is 3.12. The van der Waals surface area contributed by atoms with E-state index >= 15 is 0 Å². The third kappa shape index (κ3) is 4.50. The fourth-order valence-electron chi connectivity index (χ4n) is 2.54. The van der Waals surface area contributed by atoms with Crippen LogP contribution in [0.1, 0.15) is 30.5 Å². The quantitative estimate of drug-likeness (QED) is 0.748. The van der Waals surface area contributed by atoms with E-state index in [4.69, 9.17) is 9.47 Å². The molecule has 0 saturated carbocycles. The second kappa shape index (κ2) is 8.44. The molecule has 2 rings (SSSR count). The van der Waals surface area contributed by atoms with Crippen LogP contribution >= 0.6 is 0 Å². The Morgan fingerprint density at radius 2 is 1.77 bits per heavy atom. The van der Waals surface area contributed by atoms with Gasteiger partial charge in [0.15, 0.2) is 0 Å². The molecule has 0 bridgehead atoms. The Hall–Kier alpha value is -2.00. The van der Waals surface area contributed by atoms with Crippen molar-refractivity contribution in [2.45, 2.75) is 25.8 Å². The third-order valence-electron chi connectivity index (χ3n) is 3.84. The van der Waals surface area contributed by atoms with Gasteiger partial charge in [0.05, 0.1) is 14.2 Å². The highest BCUT2D eigenvalue weighted by Gasteiger charge is 2.12. The highest BCUT2D eigenvalue weighted by Crippen LogP contribution is 2.29. The van der Waals surface area contributed by atoms with E-state index in [0.29, 0.717) is 0 Å². The Labute approximate surface area is 133 Å². The Morgan fingerprint density at radius 3 is 2.45 bits per heavy atom. The van der Waals surface area contributed by atoms with Crippen LogP contribution in [-0.2, 0) is 6.42 Å². The van der Waals surface area contributed by atoms with Crippen molar-refractivity contribution in [3.63, 3.8) is 0 Å². The fraction of sp³-hybridized carbons (Fsp3) is 0.368. The number of hydrogen-bond acceptors (Lipinski definition) is 3. The summed E-state index contributed by atoms with van der Waals surface area (Å²) < 4.78 is 10.8. The number of ether oxygens (including phenoxy) is 2. The molecule has 118 valence electrons. The second-order valence-corrected chi connectivity index (χ2v) is 5.37. The molecule has 0 amide bonds. The summed E-state index contributed by atoms with van der Waals surface area (Å²) in [6, 6.07) is 16.7. The summed E-state index contributed by atoms with van der Waals surface area (Å²) in [7, 11) is 3.39. The molecule has 0 radical (unpaired) electrons. The maximum atomic E-state index is 5.45. The monoisotopic (exact) mass is 299 g/mol. The minimum atomic E-state index is 0.223. The predicted molar refractivity (Wildman–Crippen MR) is 90.7 cm³/mol. The average molecular weight is 299 g/mol. The standard InChI is InChI=1S/C19H25NO2/c1-15(18-14-17(21-2)11-12-19(18)22-3)20-13-7-10-16-8-5-4-6-9-16/h4-6,8-9,11-12,14-15,20H,7,10,13H2,1-3H3. The van der Waals surface area contributed by atoms with Gasteiger partial charge in [-0.3, -0.25) is 0 Å². The molecule has 2 aromatic rings. The lowest BCUT2D eigenvalue weighted by atomic mass is 10.1. The van der Waals surface area contributed by atoms with Crippen molar-refractivity contribution in [2.24, 2.45) is 0 Å². The van der Waals surface area contributed by atoms with E-state index in [0.717, 1.165) is 36.4 Å². The molecule has 1 N–H and O–H groups in total. The van der Waals surface area contributed by atoms with E-state index in [2.05, 4.69) is 42.6 Å². The van der Waals surface area contributed by atoms with Gasteiger partial charge < -0.3 is 14.8 Å². The van der Waals surface area contributed by atoms with E-state index in [1.165, 1.54) is 5.56 Å². The van der Waals surface area contributed by atoms with Gasteiger partial charge in [-0.15, -0.1) is 0 Å². The van der Waals surface area contributed by atoms with E-state index in [9.17, 15) is 0 Å². The summed E-state index contributed by atoms with van der Waals surface area (Å²) in [5, 5.41) is 3.56. The van der Waals surface area contributed by atoms with Gasteiger partial charge in [0.25, 0.3) is 0 Å². The summed E-state index contributed by atoms with van der Waals surface area (Å²) in [6.07, 6.45) is 2.20. The highest BCUT2D eigenvalue weighted by molar-refractivity contribution is 5.42. The van der Waals surface area contributed by atoms with Crippen LogP contribution in [0.2, 0.25) is 0 Å². The van der Waals surface area contributed by atoms with Crippen molar-refractivity contribution < 1.29 is 9.47 Å². The summed E-state index contributed by atoms with van der Waals surface area (Å²) in [5.74, 6) is 1.75. The molecule has 1 atom stereocenters. The lowest BCUT2D eigenvalue weighted by Gasteiger charge is -2.18. The molecule has 0 aromatic heterocycles. The van der Waals surface area contributed by atoms with Crippen LogP contribution < -0.4 is 14.8 Å². The molecular weight excluding hydrogens is 274 g/mol. The van der Waals surface area contributed by atoms with Crippen LogP contribution in [0.25, 0.3) is 0 Å². The predicted octanol–water partition coefficient (Wildman–Crippen LogP) is 3.99. The van der Waals surface area contributed by atoms with E-state index in [-0.39, 0.29) is 6.04 Å². The van der Waals surface area contributed by atoms with Crippen LogP contribution in [0.5, 0.6) is 11.5 Å². The van der Waals surface area contributed by atoms with Crippen LogP contribution in [0.3, 0.4) is 0 Å². The number of benzene rings is 2. The summed E-state index contributed by atoms with van der Waals surface area (Å²) >= 11 is 0. The lowest BCUT2D eigenvalue weighted by Crippen LogP contribution is -2.21. The minimum Gasteiger partial charge on any atom is -0.497 e. The topological polar surface area (TPSA) is 30.5 Å². The van der Waals surface area contributed by atoms with E-state index in [1.807, 2.05) is 18.2 Å².